The van der Waals surface area contributed by atoms with E-state index in [2.05, 4.69) is 4.99 Å². The lowest BCUT2D eigenvalue weighted by Gasteiger charge is -2.34. The van der Waals surface area contributed by atoms with E-state index in [1.807, 2.05) is 0 Å². The number of esters is 1. The highest BCUT2D eigenvalue weighted by atomic mass is 32.2. The second-order valence-electron chi connectivity index (χ2n) is 7.99. The van der Waals surface area contributed by atoms with E-state index in [9.17, 15) is 32.0 Å². The molecule has 1 fully saturated rings. The van der Waals surface area contributed by atoms with Crippen LogP contribution in [0.25, 0.3) is 10.2 Å². The predicted molar refractivity (Wildman–Crippen MR) is 131 cm³/mol. The molecule has 0 radical (unpaired) electrons. The number of benzene rings is 1. The first kappa shape index (κ1) is 28.2. The van der Waals surface area contributed by atoms with E-state index in [-0.39, 0.29) is 50.7 Å². The quantitative estimate of drug-likeness (QED) is 0.427. The number of piperazine rings is 1. The molecule has 3 amide bonds. The molecule has 37 heavy (non-hydrogen) atoms. The van der Waals surface area contributed by atoms with E-state index in [0.29, 0.717) is 10.2 Å². The summed E-state index contributed by atoms with van der Waals surface area (Å²) in [5.74, 6) is -4.78. The molecule has 1 saturated heterocycles. The fourth-order valence-electron chi connectivity index (χ4n) is 3.63. The Bertz CT molecular complexity index is 1360. The van der Waals surface area contributed by atoms with Gasteiger partial charge in [0.25, 0.3) is 5.91 Å². The molecule has 0 saturated carbocycles. The summed E-state index contributed by atoms with van der Waals surface area (Å²) in [5.41, 5.74) is 0.422. The highest BCUT2D eigenvalue weighted by Crippen LogP contribution is 2.19. The van der Waals surface area contributed by atoms with Gasteiger partial charge >= 0.3 is 12.1 Å². The van der Waals surface area contributed by atoms with Crippen LogP contribution >= 0.6 is 11.3 Å². The number of amides is 3. The van der Waals surface area contributed by atoms with Crippen molar-refractivity contribution in [1.29, 1.82) is 0 Å². The molecular weight excluding hydrogens is 531 g/mol. The summed E-state index contributed by atoms with van der Waals surface area (Å²) in [5, 5.41) is 0. The highest BCUT2D eigenvalue weighted by molar-refractivity contribution is 7.92. The Labute approximate surface area is 216 Å². The molecule has 0 bridgehead atoms. The molecule has 12 nitrogen and oxygen atoms in total. The number of hydrogen-bond donors (Lipinski definition) is 0. The first-order chi connectivity index (χ1) is 17.5. The fourth-order valence-corrected chi connectivity index (χ4v) is 5.80. The van der Waals surface area contributed by atoms with Gasteiger partial charge in [0.15, 0.2) is 14.6 Å². The zero-order valence-corrected chi connectivity index (χ0v) is 22.0. The second-order valence-corrected chi connectivity index (χ2v) is 11.1. The summed E-state index contributed by atoms with van der Waals surface area (Å²) in [7, 11) is -4.17. The SMILES string of the molecule is CCOC(=O)Cn1c(=NC(=O)CS(=O)(=O)CC(=O)N2CCN(C(=O)OCC)CC2)sc2cc(F)ccc21. The Morgan fingerprint density at radius 2 is 1.65 bits per heavy atom. The monoisotopic (exact) mass is 558 g/mol. The maximum Gasteiger partial charge on any atom is 0.409 e. The van der Waals surface area contributed by atoms with E-state index in [1.54, 1.807) is 13.8 Å². The van der Waals surface area contributed by atoms with Gasteiger partial charge in [-0.05, 0) is 32.0 Å². The van der Waals surface area contributed by atoms with Crippen LogP contribution in [0.15, 0.2) is 23.2 Å². The van der Waals surface area contributed by atoms with Gasteiger partial charge in [-0.3, -0.25) is 14.4 Å². The van der Waals surface area contributed by atoms with Gasteiger partial charge in [0.2, 0.25) is 5.91 Å². The molecule has 0 N–H and O–H groups in total. The smallest absolute Gasteiger partial charge is 0.409 e. The minimum absolute atomic E-state index is 0.00438. The third kappa shape index (κ3) is 7.58. The van der Waals surface area contributed by atoms with Crippen molar-refractivity contribution in [2.75, 3.05) is 50.9 Å². The lowest BCUT2D eigenvalue weighted by molar-refractivity contribution is -0.143. The summed E-state index contributed by atoms with van der Waals surface area (Å²) in [6.45, 7) is 4.02. The van der Waals surface area contributed by atoms with Crippen molar-refractivity contribution in [3.63, 3.8) is 0 Å². The number of thiazole rings is 1. The Kier molecular flexibility index (Phi) is 9.37. The normalized spacial score (nSPS) is 14.6. The summed E-state index contributed by atoms with van der Waals surface area (Å²) >= 11 is 0.910. The standard InChI is InChI=1S/C22H27FN4O8S2/c1-3-34-20(30)12-27-16-6-5-15(23)11-17(16)36-21(27)24-18(28)13-37(32,33)14-19(29)25-7-9-26(10-8-25)22(31)35-4-2/h5-6,11H,3-4,7-10,12-14H2,1-2H3. The van der Waals surface area contributed by atoms with Crippen LogP contribution < -0.4 is 4.80 Å². The fraction of sp³-hybridized carbons (Fsp3) is 0.500. The van der Waals surface area contributed by atoms with Gasteiger partial charge in [-0.2, -0.15) is 4.99 Å². The third-order valence-electron chi connectivity index (χ3n) is 5.30. The zero-order valence-electron chi connectivity index (χ0n) is 20.3. The molecule has 15 heteroatoms. The number of aromatic nitrogens is 1. The maximum atomic E-state index is 13.7. The van der Waals surface area contributed by atoms with Gasteiger partial charge in [0.05, 0.1) is 23.4 Å². The average Bonchev–Trinajstić information content (AvgIpc) is 3.14. The molecule has 1 aliphatic rings. The molecule has 202 valence electrons. The number of sulfone groups is 1. The van der Waals surface area contributed by atoms with Crippen LogP contribution in [-0.4, -0.2) is 97.6 Å². The van der Waals surface area contributed by atoms with Gasteiger partial charge in [-0.25, -0.2) is 17.6 Å². The van der Waals surface area contributed by atoms with Gasteiger partial charge < -0.3 is 23.8 Å². The lowest BCUT2D eigenvalue weighted by Crippen LogP contribution is -2.52. The Hall–Kier alpha value is -3.33. The van der Waals surface area contributed by atoms with Gasteiger partial charge in [0, 0.05) is 26.2 Å². The molecule has 3 rings (SSSR count). The number of carbonyl (C=O) groups excluding carboxylic acids is 4. The molecule has 0 unspecified atom stereocenters. The predicted octanol–water partition coefficient (Wildman–Crippen LogP) is 0.548. The van der Waals surface area contributed by atoms with E-state index in [1.165, 1.54) is 32.6 Å². The molecule has 2 aromatic rings. The number of ether oxygens (including phenoxy) is 2. The molecule has 2 heterocycles. The summed E-state index contributed by atoms with van der Waals surface area (Å²) < 4.78 is 50.4. The number of halogens is 1. The van der Waals surface area contributed by atoms with Crippen LogP contribution in [0.5, 0.6) is 0 Å². The van der Waals surface area contributed by atoms with Crippen LogP contribution in [0.1, 0.15) is 13.8 Å². The minimum Gasteiger partial charge on any atom is -0.465 e. The Balaban J connectivity index is 1.70. The van der Waals surface area contributed by atoms with E-state index < -0.39 is 51.0 Å². The van der Waals surface area contributed by atoms with Crippen molar-refractivity contribution in [2.45, 2.75) is 20.4 Å². The number of fused-ring (bicyclic) bond motifs is 1. The van der Waals surface area contributed by atoms with Gasteiger partial charge in [-0.1, -0.05) is 11.3 Å². The minimum atomic E-state index is -4.17. The zero-order chi connectivity index (χ0) is 27.2. The van der Waals surface area contributed by atoms with Crippen molar-refractivity contribution in [3.05, 3.63) is 28.8 Å². The van der Waals surface area contributed by atoms with E-state index >= 15 is 0 Å². The average molecular weight is 559 g/mol. The summed E-state index contributed by atoms with van der Waals surface area (Å²) in [6, 6.07) is 3.81. The molecule has 1 aliphatic heterocycles. The molecule has 0 spiro atoms. The van der Waals surface area contributed by atoms with Crippen LogP contribution in [0.3, 0.4) is 0 Å². The van der Waals surface area contributed by atoms with Crippen molar-refractivity contribution in [1.82, 2.24) is 14.4 Å². The van der Waals surface area contributed by atoms with Crippen LogP contribution in [0.4, 0.5) is 9.18 Å². The van der Waals surface area contributed by atoms with E-state index in [0.717, 1.165) is 11.3 Å². The van der Waals surface area contributed by atoms with E-state index in [4.69, 9.17) is 9.47 Å². The largest absolute Gasteiger partial charge is 0.465 e. The second kappa shape index (κ2) is 12.3. The van der Waals surface area contributed by atoms with Crippen molar-refractivity contribution in [2.24, 2.45) is 4.99 Å². The Morgan fingerprint density at radius 3 is 2.30 bits per heavy atom. The Morgan fingerprint density at radius 1 is 1.00 bits per heavy atom. The molecular formula is C22H27FN4O8S2. The third-order valence-corrected chi connectivity index (χ3v) is 7.72. The number of rotatable bonds is 8. The van der Waals surface area contributed by atoms with Gasteiger partial charge in [0.1, 0.15) is 23.9 Å². The first-order valence-corrected chi connectivity index (χ1v) is 14.1. The van der Waals surface area contributed by atoms with Crippen molar-refractivity contribution < 1.29 is 41.5 Å². The van der Waals surface area contributed by atoms with Crippen molar-refractivity contribution >= 4 is 55.3 Å². The first-order valence-electron chi connectivity index (χ1n) is 11.4. The van der Waals surface area contributed by atoms with Gasteiger partial charge in [-0.15, -0.1) is 0 Å². The number of hydrogen-bond acceptors (Lipinski definition) is 9. The van der Waals surface area contributed by atoms with Crippen LogP contribution in [0, 0.1) is 5.82 Å². The molecule has 1 aromatic heterocycles. The number of carbonyl (C=O) groups is 4. The molecule has 0 atom stereocenters. The lowest BCUT2D eigenvalue weighted by atomic mass is 10.3. The van der Waals surface area contributed by atoms with Crippen molar-refractivity contribution in [3.8, 4) is 0 Å². The molecule has 0 aliphatic carbocycles. The highest BCUT2D eigenvalue weighted by Gasteiger charge is 2.29. The molecule has 1 aromatic carbocycles. The summed E-state index contributed by atoms with van der Waals surface area (Å²) in [4.78, 5) is 55.5. The van der Waals surface area contributed by atoms with Crippen LogP contribution in [0.2, 0.25) is 0 Å². The number of nitrogens with zero attached hydrogens (tertiary/aromatic N) is 4. The summed E-state index contributed by atoms with van der Waals surface area (Å²) in [6.07, 6.45) is -0.501. The topological polar surface area (TPSA) is 145 Å². The van der Waals surface area contributed by atoms with Crippen LogP contribution in [-0.2, 0) is 40.2 Å². The maximum absolute atomic E-state index is 13.7.